The Balaban J connectivity index is 2.21. The Morgan fingerprint density at radius 3 is 2.85 bits per heavy atom. The van der Waals surface area contributed by atoms with E-state index in [0.29, 0.717) is 19.8 Å². The van der Waals surface area contributed by atoms with Crippen LogP contribution in [0, 0.1) is 11.7 Å². The molecule has 112 valence electrons. The van der Waals surface area contributed by atoms with E-state index in [1.807, 2.05) is 0 Å². The number of hydrogen-bond acceptors (Lipinski definition) is 4. The lowest BCUT2D eigenvalue weighted by atomic mass is 10.0. The summed E-state index contributed by atoms with van der Waals surface area (Å²) in [7, 11) is -2.48. The minimum Gasteiger partial charge on any atom is -0.398 e. The number of nitrogens with zero attached hydrogens (tertiary/aromatic N) is 1. The fourth-order valence-corrected chi connectivity index (χ4v) is 3.77. The van der Waals surface area contributed by atoms with E-state index in [1.165, 1.54) is 19.2 Å². The summed E-state index contributed by atoms with van der Waals surface area (Å²) in [6, 6.07) is 3.87. The summed E-state index contributed by atoms with van der Waals surface area (Å²) in [6.45, 7) is 1.55. The number of rotatable bonds is 4. The summed E-state index contributed by atoms with van der Waals surface area (Å²) in [5.74, 6) is -0.687. The highest BCUT2D eigenvalue weighted by molar-refractivity contribution is 7.89. The highest BCUT2D eigenvalue weighted by Crippen LogP contribution is 2.26. The molecule has 5 nitrogen and oxygen atoms in total. The summed E-state index contributed by atoms with van der Waals surface area (Å²) >= 11 is 0. The molecule has 2 N–H and O–H groups in total. The highest BCUT2D eigenvalue weighted by Gasteiger charge is 2.29. The minimum atomic E-state index is -3.92. The average molecular weight is 302 g/mol. The van der Waals surface area contributed by atoms with Gasteiger partial charge in [-0.15, -0.1) is 0 Å². The number of nitrogen functional groups attached to an aromatic ring is 1. The van der Waals surface area contributed by atoms with Crippen molar-refractivity contribution in [2.45, 2.75) is 17.7 Å². The van der Waals surface area contributed by atoms with E-state index in [1.54, 1.807) is 0 Å². The van der Waals surface area contributed by atoms with E-state index in [0.717, 1.165) is 23.2 Å². The molecule has 0 spiro atoms. The normalized spacial score (nSPS) is 20.2. The molecule has 7 heteroatoms. The first-order valence-corrected chi connectivity index (χ1v) is 7.95. The Morgan fingerprint density at radius 1 is 1.50 bits per heavy atom. The lowest BCUT2D eigenvalue weighted by molar-refractivity contribution is 0.0495. The number of hydrogen-bond donors (Lipinski definition) is 1. The molecule has 1 saturated heterocycles. The van der Waals surface area contributed by atoms with Crippen molar-refractivity contribution in [1.29, 1.82) is 0 Å². The van der Waals surface area contributed by atoms with Crippen molar-refractivity contribution < 1.29 is 17.5 Å². The van der Waals surface area contributed by atoms with E-state index < -0.39 is 20.7 Å². The number of nitrogens with two attached hydrogens (primary N) is 1. The lowest BCUT2D eigenvalue weighted by Gasteiger charge is -2.27. The Hall–Kier alpha value is -1.18. The molecule has 0 aromatic heterocycles. The van der Waals surface area contributed by atoms with Crippen LogP contribution in [0.25, 0.3) is 0 Å². The van der Waals surface area contributed by atoms with Crippen LogP contribution in [0.15, 0.2) is 23.1 Å². The smallest absolute Gasteiger partial charge is 0.247 e. The van der Waals surface area contributed by atoms with Gasteiger partial charge in [0.15, 0.2) is 0 Å². The van der Waals surface area contributed by atoms with Crippen molar-refractivity contribution in [2.75, 3.05) is 32.5 Å². The van der Waals surface area contributed by atoms with Crippen molar-refractivity contribution in [3.05, 3.63) is 24.0 Å². The molecule has 0 amide bonds. The number of anilines is 1. The molecule has 0 saturated carbocycles. The first-order valence-electron chi connectivity index (χ1n) is 6.51. The molecule has 1 unspecified atom stereocenters. The maximum atomic E-state index is 13.8. The topological polar surface area (TPSA) is 72.6 Å². The predicted molar refractivity (Wildman–Crippen MR) is 74.2 cm³/mol. The maximum Gasteiger partial charge on any atom is 0.247 e. The minimum absolute atomic E-state index is 0.0725. The number of sulfonamides is 1. The molecule has 1 aliphatic rings. The van der Waals surface area contributed by atoms with Gasteiger partial charge in [-0.3, -0.25) is 0 Å². The lowest BCUT2D eigenvalue weighted by Crippen LogP contribution is -2.35. The SMILES string of the molecule is CN(CC1CCCOC1)S(=O)(=O)c1c(N)cccc1F. The van der Waals surface area contributed by atoms with Crippen LogP contribution < -0.4 is 5.73 Å². The van der Waals surface area contributed by atoms with Gasteiger partial charge in [0.2, 0.25) is 10.0 Å². The van der Waals surface area contributed by atoms with Gasteiger partial charge in [0.05, 0.1) is 12.3 Å². The molecule has 1 atom stereocenters. The molecule has 1 aromatic rings. The molecule has 20 heavy (non-hydrogen) atoms. The van der Waals surface area contributed by atoms with E-state index in [-0.39, 0.29) is 11.6 Å². The van der Waals surface area contributed by atoms with Crippen molar-refractivity contribution in [3.8, 4) is 0 Å². The first-order chi connectivity index (χ1) is 9.43. The number of ether oxygens (including phenoxy) is 1. The zero-order valence-electron chi connectivity index (χ0n) is 11.4. The third-order valence-electron chi connectivity index (χ3n) is 3.44. The van der Waals surface area contributed by atoms with Crippen LogP contribution in [0.3, 0.4) is 0 Å². The van der Waals surface area contributed by atoms with Crippen molar-refractivity contribution in [2.24, 2.45) is 5.92 Å². The van der Waals surface area contributed by atoms with E-state index in [2.05, 4.69) is 0 Å². The quantitative estimate of drug-likeness (QED) is 0.855. The van der Waals surface area contributed by atoms with Gasteiger partial charge in [-0.05, 0) is 30.9 Å². The van der Waals surface area contributed by atoms with Crippen LogP contribution >= 0.6 is 0 Å². The molecule has 0 bridgehead atoms. The van der Waals surface area contributed by atoms with Gasteiger partial charge in [0.1, 0.15) is 10.7 Å². The van der Waals surface area contributed by atoms with E-state index in [9.17, 15) is 12.8 Å². The number of halogens is 1. The zero-order valence-corrected chi connectivity index (χ0v) is 12.2. The zero-order chi connectivity index (χ0) is 14.8. The van der Waals surface area contributed by atoms with Gasteiger partial charge in [-0.2, -0.15) is 0 Å². The first kappa shape index (κ1) is 15.2. The van der Waals surface area contributed by atoms with Gasteiger partial charge < -0.3 is 10.5 Å². The van der Waals surface area contributed by atoms with Crippen LogP contribution in [0.5, 0.6) is 0 Å². The summed E-state index contributed by atoms with van der Waals surface area (Å²) in [4.78, 5) is -0.445. The van der Waals surface area contributed by atoms with Crippen LogP contribution in [0.1, 0.15) is 12.8 Å². The summed E-state index contributed by atoms with van der Waals surface area (Å²) < 4.78 is 45.1. The summed E-state index contributed by atoms with van der Waals surface area (Å²) in [5.41, 5.74) is 5.54. The molecular formula is C13H19FN2O3S. The standard InChI is InChI=1S/C13H19FN2O3S/c1-16(8-10-4-3-7-19-9-10)20(17,18)13-11(14)5-2-6-12(13)15/h2,5-6,10H,3-4,7-9,15H2,1H3. The van der Waals surface area contributed by atoms with Crippen LogP contribution in [0.2, 0.25) is 0 Å². The van der Waals surface area contributed by atoms with Gasteiger partial charge in [0, 0.05) is 20.2 Å². The van der Waals surface area contributed by atoms with E-state index in [4.69, 9.17) is 10.5 Å². The molecule has 0 radical (unpaired) electrons. The fourth-order valence-electron chi connectivity index (χ4n) is 2.37. The van der Waals surface area contributed by atoms with Crippen molar-refractivity contribution in [1.82, 2.24) is 4.31 Å². The Bertz CT molecular complexity index is 551. The van der Waals surface area contributed by atoms with Crippen molar-refractivity contribution in [3.63, 3.8) is 0 Å². The Labute approximate surface area is 118 Å². The second kappa shape index (κ2) is 6.07. The molecule has 0 aliphatic carbocycles. The highest BCUT2D eigenvalue weighted by atomic mass is 32.2. The van der Waals surface area contributed by atoms with Gasteiger partial charge in [-0.25, -0.2) is 17.1 Å². The van der Waals surface area contributed by atoms with Gasteiger partial charge >= 0.3 is 0 Å². The largest absolute Gasteiger partial charge is 0.398 e. The monoisotopic (exact) mass is 302 g/mol. The van der Waals surface area contributed by atoms with Crippen LogP contribution in [-0.4, -0.2) is 39.5 Å². The summed E-state index contributed by atoms with van der Waals surface area (Å²) in [5, 5.41) is 0. The van der Waals surface area contributed by atoms with E-state index >= 15 is 0 Å². The molecule has 1 aliphatic heterocycles. The summed E-state index contributed by atoms with van der Waals surface area (Å²) in [6.07, 6.45) is 1.83. The van der Waals surface area contributed by atoms with Crippen LogP contribution in [-0.2, 0) is 14.8 Å². The third kappa shape index (κ3) is 3.11. The van der Waals surface area contributed by atoms with Gasteiger partial charge in [0.25, 0.3) is 0 Å². The average Bonchev–Trinajstić information content (AvgIpc) is 2.39. The van der Waals surface area contributed by atoms with Crippen molar-refractivity contribution >= 4 is 15.7 Å². The molecule has 2 rings (SSSR count). The molecular weight excluding hydrogens is 283 g/mol. The molecule has 1 fully saturated rings. The molecule has 1 heterocycles. The Morgan fingerprint density at radius 2 is 2.25 bits per heavy atom. The third-order valence-corrected chi connectivity index (χ3v) is 5.35. The fraction of sp³-hybridized carbons (Fsp3) is 0.538. The Kier molecular flexibility index (Phi) is 4.62. The predicted octanol–water partition coefficient (Wildman–Crippen LogP) is 1.45. The second-order valence-corrected chi connectivity index (χ2v) is 7.01. The maximum absolute atomic E-state index is 13.8. The number of benzene rings is 1. The van der Waals surface area contributed by atoms with Crippen LogP contribution in [0.4, 0.5) is 10.1 Å². The molecule has 1 aromatic carbocycles. The van der Waals surface area contributed by atoms with Gasteiger partial charge in [-0.1, -0.05) is 6.07 Å². The second-order valence-electron chi connectivity index (χ2n) is 5.03.